The Morgan fingerprint density at radius 3 is 2.65 bits per heavy atom. The summed E-state index contributed by atoms with van der Waals surface area (Å²) < 4.78 is 0. The summed E-state index contributed by atoms with van der Waals surface area (Å²) in [6, 6.07) is -0.0435. The first-order valence-electron chi connectivity index (χ1n) is 8.04. The molecule has 2 unspecified atom stereocenters. The predicted molar refractivity (Wildman–Crippen MR) is 79.8 cm³/mol. The van der Waals surface area contributed by atoms with E-state index in [0.29, 0.717) is 5.92 Å². The highest BCUT2D eigenvalue weighted by Gasteiger charge is 2.59. The molecule has 3 fully saturated rings. The van der Waals surface area contributed by atoms with Gasteiger partial charge in [0.05, 0.1) is 12.5 Å². The maximum atomic E-state index is 9.92. The summed E-state index contributed by atoms with van der Waals surface area (Å²) in [5.41, 5.74) is 7.44. The predicted octanol–water partition coefficient (Wildman–Crippen LogP) is 2.76. The number of fused-ring (bicyclic) bond motifs is 1. The van der Waals surface area contributed by atoms with E-state index in [1.807, 2.05) is 0 Å². The Bertz CT molecular complexity index is 433. The molecule has 110 valence electrons. The quantitative estimate of drug-likeness (QED) is 0.612. The van der Waals surface area contributed by atoms with E-state index in [2.05, 4.69) is 11.4 Å². The van der Waals surface area contributed by atoms with E-state index in [0.717, 1.165) is 43.6 Å². The third-order valence-electron chi connectivity index (χ3n) is 6.21. The molecule has 0 amide bonds. The summed E-state index contributed by atoms with van der Waals surface area (Å²) in [4.78, 5) is 3.82. The van der Waals surface area contributed by atoms with Gasteiger partial charge in [0.25, 0.3) is 0 Å². The molecular formula is C17H26N2O. The number of aliphatic hydroxyl groups excluding tert-OH is 1. The van der Waals surface area contributed by atoms with Crippen LogP contribution >= 0.6 is 0 Å². The third kappa shape index (κ3) is 2.10. The molecule has 3 heteroatoms. The fraction of sp³-hybridized carbons (Fsp3) is 0.824. The van der Waals surface area contributed by atoms with Crippen molar-refractivity contribution < 1.29 is 5.11 Å². The van der Waals surface area contributed by atoms with Crippen LogP contribution in [0.4, 0.5) is 0 Å². The summed E-state index contributed by atoms with van der Waals surface area (Å²) in [5.74, 6) is 1.70. The Labute approximate surface area is 122 Å². The molecule has 5 atom stereocenters. The second kappa shape index (κ2) is 5.16. The van der Waals surface area contributed by atoms with Gasteiger partial charge in [-0.25, -0.2) is 6.57 Å². The van der Waals surface area contributed by atoms with Crippen LogP contribution < -0.4 is 5.73 Å². The molecule has 0 spiro atoms. The Morgan fingerprint density at radius 2 is 2.05 bits per heavy atom. The smallest absolute Gasteiger partial charge is 0.230 e. The first-order valence-corrected chi connectivity index (χ1v) is 8.04. The van der Waals surface area contributed by atoms with E-state index in [-0.39, 0.29) is 30.0 Å². The van der Waals surface area contributed by atoms with Gasteiger partial charge in [-0.3, -0.25) is 0 Å². The van der Waals surface area contributed by atoms with Gasteiger partial charge >= 0.3 is 0 Å². The Kier molecular flexibility index (Phi) is 3.64. The van der Waals surface area contributed by atoms with Gasteiger partial charge < -0.3 is 15.7 Å². The average Bonchev–Trinajstić information content (AvgIpc) is 3.17. The summed E-state index contributed by atoms with van der Waals surface area (Å²) in [7, 11) is 0. The minimum atomic E-state index is -0.172. The minimum absolute atomic E-state index is 0.0941. The van der Waals surface area contributed by atoms with Crippen LogP contribution in [0.2, 0.25) is 0 Å². The SMILES string of the molecule is [C-]#[N+][C@@H]1C[C@@H]2CC2C1C(=C)[C@@H](N)C1(CO)CCCCC1. The first kappa shape index (κ1) is 14.1. The largest absolute Gasteiger partial charge is 0.396 e. The molecule has 3 N–H and O–H groups in total. The standard InChI is InChI=1S/C17H26N2O/c1-11(15-13-8-12(13)9-14(15)19-2)16(18)17(10-20)6-4-3-5-7-17/h12-16,20H,1,3-10,18H2/t12-,13?,14+,15?,16+/m0/s1. The lowest BCUT2D eigenvalue weighted by Gasteiger charge is -2.42. The van der Waals surface area contributed by atoms with Crippen molar-refractivity contribution in [3.63, 3.8) is 0 Å². The monoisotopic (exact) mass is 274 g/mol. The van der Waals surface area contributed by atoms with Crippen LogP contribution in [0, 0.1) is 29.7 Å². The lowest BCUT2D eigenvalue weighted by atomic mass is 9.66. The highest BCUT2D eigenvalue weighted by atomic mass is 16.3. The van der Waals surface area contributed by atoms with Crippen molar-refractivity contribution in [2.24, 2.45) is 28.9 Å². The van der Waals surface area contributed by atoms with E-state index in [1.165, 1.54) is 12.8 Å². The molecule has 3 saturated carbocycles. The van der Waals surface area contributed by atoms with Gasteiger partial charge in [-0.2, -0.15) is 0 Å². The molecule has 0 saturated heterocycles. The van der Waals surface area contributed by atoms with E-state index < -0.39 is 0 Å². The molecule has 0 bridgehead atoms. The number of nitrogens with two attached hydrogens (primary N) is 1. The lowest BCUT2D eigenvalue weighted by Crippen LogP contribution is -2.48. The van der Waals surface area contributed by atoms with Gasteiger partial charge in [0.15, 0.2) is 0 Å². The van der Waals surface area contributed by atoms with Crippen LogP contribution in [0.3, 0.4) is 0 Å². The lowest BCUT2D eigenvalue weighted by molar-refractivity contribution is 0.0634. The van der Waals surface area contributed by atoms with E-state index in [4.69, 9.17) is 12.3 Å². The zero-order valence-corrected chi connectivity index (χ0v) is 12.2. The topological polar surface area (TPSA) is 50.6 Å². The van der Waals surface area contributed by atoms with Crippen molar-refractivity contribution in [1.29, 1.82) is 0 Å². The molecular weight excluding hydrogens is 248 g/mol. The van der Waals surface area contributed by atoms with E-state index >= 15 is 0 Å². The van der Waals surface area contributed by atoms with Crippen LogP contribution in [0.1, 0.15) is 44.9 Å². The normalized spacial score (nSPS) is 39.6. The van der Waals surface area contributed by atoms with Gasteiger partial charge in [-0.05, 0) is 36.7 Å². The zero-order valence-electron chi connectivity index (χ0n) is 12.2. The summed E-state index contributed by atoms with van der Waals surface area (Å²) >= 11 is 0. The zero-order chi connectivity index (χ0) is 14.3. The van der Waals surface area contributed by atoms with Gasteiger partial charge in [0.1, 0.15) is 0 Å². The second-order valence-corrected chi connectivity index (χ2v) is 7.25. The molecule has 3 aliphatic carbocycles. The number of hydrogen-bond acceptors (Lipinski definition) is 2. The van der Waals surface area contributed by atoms with E-state index in [1.54, 1.807) is 0 Å². The van der Waals surface area contributed by atoms with Crippen molar-refractivity contribution in [2.75, 3.05) is 6.61 Å². The van der Waals surface area contributed by atoms with Crippen molar-refractivity contribution in [2.45, 2.75) is 57.0 Å². The van der Waals surface area contributed by atoms with Crippen LogP contribution in [0.5, 0.6) is 0 Å². The summed E-state index contributed by atoms with van der Waals surface area (Å²) in [5, 5.41) is 9.92. The molecule has 3 rings (SSSR count). The minimum Gasteiger partial charge on any atom is -0.396 e. The van der Waals surface area contributed by atoms with Gasteiger partial charge in [0, 0.05) is 17.9 Å². The molecule has 0 heterocycles. The third-order valence-corrected chi connectivity index (χ3v) is 6.21. The second-order valence-electron chi connectivity index (χ2n) is 7.25. The fourth-order valence-electron chi connectivity index (χ4n) is 4.80. The van der Waals surface area contributed by atoms with Gasteiger partial charge in [-0.15, -0.1) is 0 Å². The Hall–Kier alpha value is -0.850. The molecule has 0 aromatic rings. The van der Waals surface area contributed by atoms with Crippen LogP contribution in [0.25, 0.3) is 4.85 Å². The number of nitrogens with zero attached hydrogens (tertiary/aromatic N) is 1. The van der Waals surface area contributed by atoms with Crippen LogP contribution in [-0.4, -0.2) is 23.8 Å². The van der Waals surface area contributed by atoms with Gasteiger partial charge in [-0.1, -0.05) is 25.8 Å². The molecule has 3 nitrogen and oxygen atoms in total. The average molecular weight is 274 g/mol. The van der Waals surface area contributed by atoms with Gasteiger partial charge in [0.2, 0.25) is 6.04 Å². The maximum Gasteiger partial charge on any atom is 0.230 e. The maximum absolute atomic E-state index is 9.92. The molecule has 0 radical (unpaired) electrons. The van der Waals surface area contributed by atoms with Crippen molar-refractivity contribution in [1.82, 2.24) is 0 Å². The summed E-state index contributed by atoms with van der Waals surface area (Å²) in [6.45, 7) is 11.9. The molecule has 20 heavy (non-hydrogen) atoms. The molecule has 0 aliphatic heterocycles. The van der Waals surface area contributed by atoms with Crippen molar-refractivity contribution >= 4 is 0 Å². The Morgan fingerprint density at radius 1 is 1.35 bits per heavy atom. The molecule has 3 aliphatic rings. The Balaban J connectivity index is 1.77. The molecule has 0 aromatic carbocycles. The van der Waals surface area contributed by atoms with Crippen molar-refractivity contribution in [3.05, 3.63) is 23.6 Å². The number of aliphatic hydroxyl groups is 1. The van der Waals surface area contributed by atoms with Crippen LogP contribution in [-0.2, 0) is 0 Å². The number of rotatable bonds is 4. The highest BCUT2D eigenvalue weighted by molar-refractivity contribution is 5.26. The highest BCUT2D eigenvalue weighted by Crippen LogP contribution is 2.59. The summed E-state index contributed by atoms with van der Waals surface area (Å²) in [6.07, 6.45) is 7.88. The van der Waals surface area contributed by atoms with Crippen molar-refractivity contribution in [3.8, 4) is 0 Å². The number of hydrogen-bond donors (Lipinski definition) is 2. The van der Waals surface area contributed by atoms with Crippen LogP contribution in [0.15, 0.2) is 12.2 Å². The molecule has 0 aromatic heterocycles. The van der Waals surface area contributed by atoms with E-state index in [9.17, 15) is 5.11 Å². The fourth-order valence-corrected chi connectivity index (χ4v) is 4.80. The first-order chi connectivity index (χ1) is 9.63.